The van der Waals surface area contributed by atoms with Crippen molar-refractivity contribution < 1.29 is 14.3 Å². The van der Waals surface area contributed by atoms with E-state index in [1.165, 1.54) is 4.88 Å². The molecule has 2 unspecified atom stereocenters. The van der Waals surface area contributed by atoms with Gasteiger partial charge in [-0.15, -0.1) is 11.3 Å². The molecule has 0 radical (unpaired) electrons. The lowest BCUT2D eigenvalue weighted by Crippen LogP contribution is -2.43. The maximum absolute atomic E-state index is 12.3. The molecular weight excluding hydrogens is 336 g/mol. The molecule has 25 heavy (non-hydrogen) atoms. The third-order valence-electron chi connectivity index (χ3n) is 4.05. The Morgan fingerprint density at radius 3 is 2.64 bits per heavy atom. The van der Waals surface area contributed by atoms with E-state index in [1.54, 1.807) is 25.6 Å². The van der Waals surface area contributed by atoms with Crippen LogP contribution in [0.4, 0.5) is 0 Å². The van der Waals surface area contributed by atoms with Gasteiger partial charge >= 0.3 is 0 Å². The number of carbonyl (C=O) groups excluding carboxylic acids is 1. The van der Waals surface area contributed by atoms with Crippen LogP contribution >= 0.6 is 11.3 Å². The van der Waals surface area contributed by atoms with Gasteiger partial charge in [0, 0.05) is 23.0 Å². The summed E-state index contributed by atoms with van der Waals surface area (Å²) in [6, 6.07) is 9.40. The van der Waals surface area contributed by atoms with Gasteiger partial charge < -0.3 is 14.8 Å². The van der Waals surface area contributed by atoms with Crippen molar-refractivity contribution in [2.45, 2.75) is 32.4 Å². The van der Waals surface area contributed by atoms with Crippen LogP contribution in [-0.4, -0.2) is 32.7 Å². The summed E-state index contributed by atoms with van der Waals surface area (Å²) in [5, 5.41) is 8.34. The molecule has 0 aliphatic carbocycles. The summed E-state index contributed by atoms with van der Waals surface area (Å²) in [5.41, 5.74) is 0.958. The number of amides is 1. The van der Waals surface area contributed by atoms with Crippen molar-refractivity contribution in [3.05, 3.63) is 46.2 Å². The Labute approximate surface area is 153 Å². The molecule has 2 atom stereocenters. The van der Waals surface area contributed by atoms with Crippen molar-refractivity contribution in [2.75, 3.05) is 20.8 Å². The number of nitrogens with one attached hydrogen (secondary N) is 2. The lowest BCUT2D eigenvalue weighted by molar-refractivity contribution is -0.122. The average molecular weight is 362 g/mol. The fourth-order valence-corrected chi connectivity index (χ4v) is 3.34. The largest absolute Gasteiger partial charge is 0.497 e. The first-order valence-electron chi connectivity index (χ1n) is 8.33. The van der Waals surface area contributed by atoms with Crippen molar-refractivity contribution >= 4 is 17.2 Å². The second-order valence-corrected chi connectivity index (χ2v) is 6.87. The summed E-state index contributed by atoms with van der Waals surface area (Å²) < 4.78 is 10.7. The molecule has 1 heterocycles. The van der Waals surface area contributed by atoms with Gasteiger partial charge in [-0.3, -0.25) is 10.1 Å². The first-order chi connectivity index (χ1) is 12.0. The Bertz CT molecular complexity index is 673. The number of thiophene rings is 1. The summed E-state index contributed by atoms with van der Waals surface area (Å²) in [5.74, 6) is 1.52. The Kier molecular flexibility index (Phi) is 7.28. The molecule has 5 nitrogen and oxygen atoms in total. The SMILES string of the molecule is COc1ccc(OC)c(C(C)NC(C)C(=O)NCCc2cccs2)c1. The minimum absolute atomic E-state index is 0.00901. The molecule has 1 aromatic heterocycles. The lowest BCUT2D eigenvalue weighted by atomic mass is 10.1. The number of hydrogen-bond donors (Lipinski definition) is 2. The number of methoxy groups -OCH3 is 2. The van der Waals surface area contributed by atoms with Crippen LogP contribution in [0.25, 0.3) is 0 Å². The molecular formula is C19H26N2O3S. The zero-order valence-corrected chi connectivity index (χ0v) is 16.0. The predicted octanol–water partition coefficient (Wildman–Crippen LogP) is 3.16. The molecule has 1 amide bonds. The molecule has 6 heteroatoms. The second kappa shape index (κ2) is 9.44. The molecule has 2 aromatic rings. The number of carbonyl (C=O) groups is 1. The molecule has 2 rings (SSSR count). The van der Waals surface area contributed by atoms with E-state index in [0.29, 0.717) is 6.54 Å². The first kappa shape index (κ1) is 19.3. The molecule has 136 valence electrons. The zero-order valence-electron chi connectivity index (χ0n) is 15.2. The zero-order chi connectivity index (χ0) is 18.2. The van der Waals surface area contributed by atoms with Gasteiger partial charge in [-0.25, -0.2) is 0 Å². The van der Waals surface area contributed by atoms with Crippen molar-refractivity contribution in [3.63, 3.8) is 0 Å². The average Bonchev–Trinajstić information content (AvgIpc) is 3.14. The van der Waals surface area contributed by atoms with Crippen LogP contribution in [0.5, 0.6) is 11.5 Å². The predicted molar refractivity (Wildman–Crippen MR) is 102 cm³/mol. The molecule has 0 aliphatic rings. The Hall–Kier alpha value is -2.05. The minimum atomic E-state index is -0.311. The summed E-state index contributed by atoms with van der Waals surface area (Å²) in [6.07, 6.45) is 0.857. The minimum Gasteiger partial charge on any atom is -0.497 e. The topological polar surface area (TPSA) is 59.6 Å². The van der Waals surface area contributed by atoms with E-state index >= 15 is 0 Å². The molecule has 0 fully saturated rings. The van der Waals surface area contributed by atoms with Gasteiger partial charge in [0.25, 0.3) is 0 Å². The first-order valence-corrected chi connectivity index (χ1v) is 9.21. The standard InChI is InChI=1S/C19H26N2O3S/c1-13(17-12-15(23-3)7-8-18(17)24-4)21-14(2)19(22)20-10-9-16-6-5-11-25-16/h5-8,11-14,21H,9-10H2,1-4H3,(H,20,22). The normalized spacial score (nSPS) is 13.1. The Balaban J connectivity index is 1.90. The maximum atomic E-state index is 12.3. The van der Waals surface area contributed by atoms with Gasteiger partial charge in [0.05, 0.1) is 20.3 Å². The summed E-state index contributed by atoms with van der Waals surface area (Å²) in [6.45, 7) is 4.51. The summed E-state index contributed by atoms with van der Waals surface area (Å²) >= 11 is 1.71. The molecule has 1 aromatic carbocycles. The lowest BCUT2D eigenvalue weighted by Gasteiger charge is -2.22. The Morgan fingerprint density at radius 2 is 2.00 bits per heavy atom. The van der Waals surface area contributed by atoms with Crippen LogP contribution in [0.2, 0.25) is 0 Å². The fraction of sp³-hybridized carbons (Fsp3) is 0.421. The highest BCUT2D eigenvalue weighted by Gasteiger charge is 2.19. The second-order valence-electron chi connectivity index (χ2n) is 5.84. The van der Waals surface area contributed by atoms with Crippen molar-refractivity contribution in [3.8, 4) is 11.5 Å². The van der Waals surface area contributed by atoms with Crippen molar-refractivity contribution in [1.29, 1.82) is 0 Å². The van der Waals surface area contributed by atoms with Crippen molar-refractivity contribution in [2.24, 2.45) is 0 Å². The molecule has 0 saturated heterocycles. The molecule has 0 bridgehead atoms. The molecule has 2 N–H and O–H groups in total. The third-order valence-corrected chi connectivity index (χ3v) is 4.98. The van der Waals surface area contributed by atoms with Crippen molar-refractivity contribution in [1.82, 2.24) is 10.6 Å². The summed E-state index contributed by atoms with van der Waals surface area (Å²) in [4.78, 5) is 13.6. The van der Waals surface area contributed by atoms with Crippen LogP contribution in [0.15, 0.2) is 35.7 Å². The summed E-state index contributed by atoms with van der Waals surface area (Å²) in [7, 11) is 3.27. The van der Waals surface area contributed by atoms with Gasteiger partial charge in [-0.1, -0.05) is 6.07 Å². The van der Waals surface area contributed by atoms with Crippen LogP contribution in [-0.2, 0) is 11.2 Å². The highest BCUT2D eigenvalue weighted by Crippen LogP contribution is 2.29. The highest BCUT2D eigenvalue weighted by atomic mass is 32.1. The van der Waals surface area contributed by atoms with Crippen LogP contribution < -0.4 is 20.1 Å². The van der Waals surface area contributed by atoms with Gasteiger partial charge in [-0.2, -0.15) is 0 Å². The molecule has 0 saturated carbocycles. The van der Waals surface area contributed by atoms with E-state index in [4.69, 9.17) is 9.47 Å². The monoisotopic (exact) mass is 362 g/mol. The van der Waals surface area contributed by atoms with Gasteiger partial charge in [0.1, 0.15) is 11.5 Å². The third kappa shape index (κ3) is 5.47. The Morgan fingerprint density at radius 1 is 1.20 bits per heavy atom. The van der Waals surface area contributed by atoms with E-state index in [2.05, 4.69) is 16.7 Å². The van der Waals surface area contributed by atoms with Gasteiger partial charge in [0.2, 0.25) is 5.91 Å². The molecule has 0 aliphatic heterocycles. The van der Waals surface area contributed by atoms with Crippen LogP contribution in [0, 0.1) is 0 Å². The maximum Gasteiger partial charge on any atom is 0.236 e. The number of benzene rings is 1. The van der Waals surface area contributed by atoms with E-state index in [1.807, 2.05) is 43.5 Å². The fourth-order valence-electron chi connectivity index (χ4n) is 2.64. The van der Waals surface area contributed by atoms with Gasteiger partial charge in [-0.05, 0) is 49.9 Å². The number of rotatable bonds is 9. The van der Waals surface area contributed by atoms with Gasteiger partial charge in [0.15, 0.2) is 0 Å². The number of ether oxygens (including phenoxy) is 2. The molecule has 0 spiro atoms. The van der Waals surface area contributed by atoms with E-state index in [-0.39, 0.29) is 18.0 Å². The van der Waals surface area contributed by atoms with E-state index in [9.17, 15) is 4.79 Å². The highest BCUT2D eigenvalue weighted by molar-refractivity contribution is 7.09. The van der Waals surface area contributed by atoms with Crippen LogP contribution in [0.3, 0.4) is 0 Å². The quantitative estimate of drug-likeness (QED) is 0.719. The smallest absolute Gasteiger partial charge is 0.236 e. The van der Waals surface area contributed by atoms with E-state index < -0.39 is 0 Å². The van der Waals surface area contributed by atoms with E-state index in [0.717, 1.165) is 23.5 Å². The van der Waals surface area contributed by atoms with Crippen LogP contribution in [0.1, 0.15) is 30.3 Å². The number of hydrogen-bond acceptors (Lipinski definition) is 5.